The number of methoxy groups -OCH3 is 2. The summed E-state index contributed by atoms with van der Waals surface area (Å²) >= 11 is 0. The highest BCUT2D eigenvalue weighted by atomic mass is 16.5. The van der Waals surface area contributed by atoms with Crippen molar-refractivity contribution in [2.24, 2.45) is 11.3 Å². The number of quaternary nitrogens is 1. The molecular weight excluding hydrogens is 394 g/mol. The standard InChI is InChI=1S/C29H41NO2/c1-20(2)22-9-11-24-23(17-22)10-13-27-28(3,14-7-15-29(24,27)4)19-30-18-21-8-12-25(31-5)26(16-21)32-6/h8-9,11-12,16-17,20,27,30H,7,10,13-15,18-19H2,1-6H3/p+1/t27-,28-,29+/m0/s1. The van der Waals surface area contributed by atoms with Crippen LogP contribution in [0.5, 0.6) is 11.5 Å². The topological polar surface area (TPSA) is 35.1 Å². The van der Waals surface area contributed by atoms with Crippen LogP contribution in [0.25, 0.3) is 0 Å². The quantitative estimate of drug-likeness (QED) is 0.613. The van der Waals surface area contributed by atoms with Crippen molar-refractivity contribution < 1.29 is 14.8 Å². The lowest BCUT2D eigenvalue weighted by Crippen LogP contribution is -2.86. The van der Waals surface area contributed by atoms with Crippen LogP contribution in [0.2, 0.25) is 0 Å². The summed E-state index contributed by atoms with van der Waals surface area (Å²) in [6.45, 7) is 11.9. The van der Waals surface area contributed by atoms with Gasteiger partial charge in [0.1, 0.15) is 6.54 Å². The molecule has 2 N–H and O–H groups in total. The van der Waals surface area contributed by atoms with E-state index < -0.39 is 0 Å². The normalized spacial score (nSPS) is 27.0. The molecule has 0 aromatic heterocycles. The Morgan fingerprint density at radius 1 is 1.00 bits per heavy atom. The summed E-state index contributed by atoms with van der Waals surface area (Å²) in [6, 6.07) is 13.7. The highest BCUT2D eigenvalue weighted by molar-refractivity contribution is 5.43. The maximum Gasteiger partial charge on any atom is 0.161 e. The summed E-state index contributed by atoms with van der Waals surface area (Å²) in [5.74, 6) is 2.98. The fraction of sp³-hybridized carbons (Fsp3) is 0.586. The predicted molar refractivity (Wildman–Crippen MR) is 132 cm³/mol. The molecule has 0 amide bonds. The number of aryl methyl sites for hydroxylation is 1. The summed E-state index contributed by atoms with van der Waals surface area (Å²) in [4.78, 5) is 0. The van der Waals surface area contributed by atoms with Gasteiger partial charge in [0.25, 0.3) is 0 Å². The fourth-order valence-electron chi connectivity index (χ4n) is 6.82. The van der Waals surface area contributed by atoms with Gasteiger partial charge < -0.3 is 14.8 Å². The third kappa shape index (κ3) is 4.17. The molecule has 3 heteroatoms. The van der Waals surface area contributed by atoms with Gasteiger partial charge in [0.2, 0.25) is 0 Å². The predicted octanol–water partition coefficient (Wildman–Crippen LogP) is 5.60. The van der Waals surface area contributed by atoms with Crippen molar-refractivity contribution in [3.8, 4) is 11.5 Å². The first-order chi connectivity index (χ1) is 15.3. The lowest BCUT2D eigenvalue weighted by Gasteiger charge is -2.54. The van der Waals surface area contributed by atoms with Crippen LogP contribution in [0, 0.1) is 11.3 Å². The maximum absolute atomic E-state index is 5.49. The summed E-state index contributed by atoms with van der Waals surface area (Å²) < 4.78 is 10.9. The van der Waals surface area contributed by atoms with Gasteiger partial charge in [0.05, 0.1) is 20.8 Å². The third-order valence-corrected chi connectivity index (χ3v) is 8.61. The summed E-state index contributed by atoms with van der Waals surface area (Å²) in [5, 5.41) is 2.52. The average Bonchev–Trinajstić information content (AvgIpc) is 2.78. The molecule has 0 aliphatic heterocycles. The van der Waals surface area contributed by atoms with E-state index in [9.17, 15) is 0 Å². The van der Waals surface area contributed by atoms with Crippen LogP contribution < -0.4 is 14.8 Å². The van der Waals surface area contributed by atoms with Gasteiger partial charge >= 0.3 is 0 Å². The van der Waals surface area contributed by atoms with Crippen LogP contribution in [-0.2, 0) is 18.4 Å². The molecule has 0 bridgehead atoms. The van der Waals surface area contributed by atoms with Crippen molar-refractivity contribution in [1.29, 1.82) is 0 Å². The molecule has 0 radical (unpaired) electrons. The van der Waals surface area contributed by atoms with Gasteiger partial charge in [-0.05, 0) is 77.8 Å². The summed E-state index contributed by atoms with van der Waals surface area (Å²) in [5.41, 5.74) is 6.73. The first-order valence-electron chi connectivity index (χ1n) is 12.5. The van der Waals surface area contributed by atoms with Crippen LogP contribution in [0.3, 0.4) is 0 Å². The number of fused-ring (bicyclic) bond motifs is 3. The Morgan fingerprint density at radius 2 is 1.78 bits per heavy atom. The highest BCUT2D eigenvalue weighted by Gasteiger charge is 2.52. The molecule has 2 aliphatic rings. The Morgan fingerprint density at radius 3 is 2.50 bits per heavy atom. The van der Waals surface area contributed by atoms with Gasteiger partial charge in [-0.3, -0.25) is 0 Å². The molecule has 1 fully saturated rings. The highest BCUT2D eigenvalue weighted by Crippen LogP contribution is 2.56. The molecule has 0 spiro atoms. The number of nitrogens with two attached hydrogens (primary N) is 1. The lowest BCUT2D eigenvalue weighted by molar-refractivity contribution is -0.683. The number of benzene rings is 2. The van der Waals surface area contributed by atoms with Gasteiger partial charge in [-0.15, -0.1) is 0 Å². The van der Waals surface area contributed by atoms with E-state index in [4.69, 9.17) is 9.47 Å². The zero-order valence-corrected chi connectivity index (χ0v) is 21.0. The second kappa shape index (κ2) is 9.09. The van der Waals surface area contributed by atoms with Crippen molar-refractivity contribution in [3.05, 3.63) is 58.7 Å². The summed E-state index contributed by atoms with van der Waals surface area (Å²) in [7, 11) is 3.40. The summed E-state index contributed by atoms with van der Waals surface area (Å²) in [6.07, 6.45) is 6.57. The van der Waals surface area contributed by atoms with Crippen molar-refractivity contribution in [1.82, 2.24) is 0 Å². The van der Waals surface area contributed by atoms with E-state index >= 15 is 0 Å². The Hall–Kier alpha value is -2.00. The third-order valence-electron chi connectivity index (χ3n) is 8.61. The first kappa shape index (κ1) is 23.2. The lowest BCUT2D eigenvalue weighted by atomic mass is 9.49. The Balaban J connectivity index is 1.50. The van der Waals surface area contributed by atoms with E-state index in [2.05, 4.69) is 63.3 Å². The number of rotatable bonds is 7. The Kier molecular flexibility index (Phi) is 6.58. The number of ether oxygens (including phenoxy) is 2. The molecule has 2 aromatic rings. The Labute approximate surface area is 194 Å². The zero-order chi connectivity index (χ0) is 22.9. The van der Waals surface area contributed by atoms with E-state index in [0.717, 1.165) is 24.0 Å². The van der Waals surface area contributed by atoms with E-state index in [1.165, 1.54) is 49.8 Å². The van der Waals surface area contributed by atoms with Crippen molar-refractivity contribution >= 4 is 0 Å². The van der Waals surface area contributed by atoms with E-state index in [1.807, 2.05) is 6.07 Å². The molecule has 32 heavy (non-hydrogen) atoms. The largest absolute Gasteiger partial charge is 0.493 e. The second-order valence-corrected chi connectivity index (χ2v) is 11.0. The van der Waals surface area contributed by atoms with E-state index in [-0.39, 0.29) is 0 Å². The van der Waals surface area contributed by atoms with Gasteiger partial charge in [0.15, 0.2) is 11.5 Å². The van der Waals surface area contributed by atoms with Gasteiger partial charge in [-0.25, -0.2) is 0 Å². The average molecular weight is 437 g/mol. The minimum Gasteiger partial charge on any atom is -0.493 e. The number of hydrogen-bond acceptors (Lipinski definition) is 2. The molecular formula is C29H42NO2+. The molecule has 4 rings (SSSR count). The second-order valence-electron chi connectivity index (χ2n) is 11.0. The van der Waals surface area contributed by atoms with Crippen LogP contribution in [-0.4, -0.2) is 20.8 Å². The molecule has 2 aromatic carbocycles. The molecule has 174 valence electrons. The molecule has 3 atom stereocenters. The molecule has 0 unspecified atom stereocenters. The number of hydrogen-bond donors (Lipinski definition) is 1. The van der Waals surface area contributed by atoms with Gasteiger partial charge in [0, 0.05) is 11.0 Å². The minimum absolute atomic E-state index is 0.313. The van der Waals surface area contributed by atoms with Crippen LogP contribution in [0.4, 0.5) is 0 Å². The maximum atomic E-state index is 5.49. The van der Waals surface area contributed by atoms with Gasteiger partial charge in [-0.2, -0.15) is 0 Å². The fourth-order valence-corrected chi connectivity index (χ4v) is 6.82. The SMILES string of the molecule is COc1ccc(C[NH2+]C[C@]2(C)CCC[C@]3(C)c4ccc(C(C)C)cc4CC[C@@H]23)cc1OC. The molecule has 3 nitrogen and oxygen atoms in total. The zero-order valence-electron chi connectivity index (χ0n) is 21.0. The first-order valence-corrected chi connectivity index (χ1v) is 12.5. The van der Waals surface area contributed by atoms with Crippen LogP contribution in [0.1, 0.15) is 81.5 Å². The smallest absolute Gasteiger partial charge is 0.161 e. The molecule has 0 saturated heterocycles. The van der Waals surface area contributed by atoms with Crippen LogP contribution >= 0.6 is 0 Å². The Bertz CT molecular complexity index is 952. The molecule has 2 aliphatic carbocycles. The van der Waals surface area contributed by atoms with Crippen molar-refractivity contribution in [2.75, 3.05) is 20.8 Å². The van der Waals surface area contributed by atoms with E-state index in [0.29, 0.717) is 16.7 Å². The molecule has 1 saturated carbocycles. The van der Waals surface area contributed by atoms with E-state index in [1.54, 1.807) is 25.3 Å². The molecule has 0 heterocycles. The van der Waals surface area contributed by atoms with Gasteiger partial charge in [-0.1, -0.05) is 52.3 Å². The monoisotopic (exact) mass is 436 g/mol. The van der Waals surface area contributed by atoms with Crippen molar-refractivity contribution in [3.63, 3.8) is 0 Å². The van der Waals surface area contributed by atoms with Crippen molar-refractivity contribution in [2.45, 2.75) is 77.7 Å². The minimum atomic E-state index is 0.313. The van der Waals surface area contributed by atoms with Crippen LogP contribution in [0.15, 0.2) is 36.4 Å².